The van der Waals surface area contributed by atoms with Gasteiger partial charge in [-0.05, 0) is 42.5 Å². The molecule has 3 heterocycles. The minimum Gasteiger partial charge on any atom is -0.369 e. The number of benzene rings is 2. The predicted octanol–water partition coefficient (Wildman–Crippen LogP) is 4.35. The Morgan fingerprint density at radius 3 is 2.69 bits per heavy atom. The lowest BCUT2D eigenvalue weighted by Gasteiger charge is -2.22. The zero-order valence-electron chi connectivity index (χ0n) is 18.8. The van der Waals surface area contributed by atoms with Crippen LogP contribution < -0.4 is 16.0 Å². The van der Waals surface area contributed by atoms with Crippen molar-refractivity contribution in [1.29, 1.82) is 0 Å². The van der Waals surface area contributed by atoms with E-state index in [1.807, 2.05) is 0 Å². The molecule has 4 aromatic rings. The molecule has 1 aliphatic heterocycles. The van der Waals surface area contributed by atoms with Crippen molar-refractivity contribution in [2.75, 3.05) is 30.3 Å². The molecule has 1 unspecified atom stereocenters. The average molecular weight is 507 g/mol. The molecule has 0 bridgehead atoms. The molecule has 182 valence electrons. The van der Waals surface area contributed by atoms with Gasteiger partial charge >= 0.3 is 6.03 Å². The normalized spacial score (nSPS) is 15.4. The minimum absolute atomic E-state index is 0.194. The van der Waals surface area contributed by atoms with Gasteiger partial charge in [-0.25, -0.2) is 14.2 Å². The summed E-state index contributed by atoms with van der Waals surface area (Å²) in [7, 11) is 0. The number of nitrogens with one attached hydrogen (secondary N) is 3. The number of halogens is 2. The average Bonchev–Trinajstić information content (AvgIpc) is 2.89. The third kappa shape index (κ3) is 5.30. The first kappa shape index (κ1) is 23.7. The number of urea groups is 1. The fourth-order valence-electron chi connectivity index (χ4n) is 3.78. The summed E-state index contributed by atoms with van der Waals surface area (Å²) in [6.45, 7) is 1.96. The van der Waals surface area contributed by atoms with Crippen molar-refractivity contribution in [3.05, 3.63) is 88.7 Å². The SMILES string of the molecule is O=C(Nc1cncc(Cl)c1)Nc1ccc(F)c(C(=O)c2ccc3ncc(C4CNCCO4)nc3c2)c1. The van der Waals surface area contributed by atoms with Gasteiger partial charge in [0, 0.05) is 30.5 Å². The Morgan fingerprint density at radius 2 is 1.89 bits per heavy atom. The molecular weight excluding hydrogens is 487 g/mol. The van der Waals surface area contributed by atoms with Crippen LogP contribution in [0.3, 0.4) is 0 Å². The smallest absolute Gasteiger partial charge is 0.323 e. The molecule has 2 amide bonds. The maximum Gasteiger partial charge on any atom is 0.323 e. The number of carbonyl (C=O) groups excluding carboxylic acids is 2. The Balaban J connectivity index is 1.37. The highest BCUT2D eigenvalue weighted by Crippen LogP contribution is 2.23. The second kappa shape index (κ2) is 10.3. The molecule has 1 fully saturated rings. The van der Waals surface area contributed by atoms with Gasteiger partial charge in [0.05, 0.1) is 52.0 Å². The van der Waals surface area contributed by atoms with Crippen LogP contribution in [0.4, 0.5) is 20.6 Å². The van der Waals surface area contributed by atoms with E-state index in [1.165, 1.54) is 30.6 Å². The second-order valence-electron chi connectivity index (χ2n) is 8.06. The molecule has 0 radical (unpaired) electrons. The minimum atomic E-state index is -0.716. The zero-order chi connectivity index (χ0) is 25.1. The molecule has 3 N–H and O–H groups in total. The molecule has 0 aliphatic carbocycles. The van der Waals surface area contributed by atoms with E-state index in [2.05, 4.69) is 30.9 Å². The van der Waals surface area contributed by atoms with Gasteiger partial charge in [0.25, 0.3) is 0 Å². The molecule has 1 atom stereocenters. The van der Waals surface area contributed by atoms with E-state index in [-0.39, 0.29) is 22.9 Å². The third-order valence-corrected chi connectivity index (χ3v) is 5.72. The van der Waals surface area contributed by atoms with Crippen molar-refractivity contribution >= 4 is 45.8 Å². The lowest BCUT2D eigenvalue weighted by atomic mass is 10.0. The number of ketones is 1. The number of rotatable bonds is 5. The van der Waals surface area contributed by atoms with Crippen molar-refractivity contribution in [3.8, 4) is 0 Å². The number of aromatic nitrogens is 3. The topological polar surface area (TPSA) is 118 Å². The monoisotopic (exact) mass is 506 g/mol. The lowest BCUT2D eigenvalue weighted by Crippen LogP contribution is -2.33. The molecule has 2 aromatic heterocycles. The number of pyridine rings is 1. The van der Waals surface area contributed by atoms with E-state index in [0.29, 0.717) is 40.6 Å². The van der Waals surface area contributed by atoms with Gasteiger partial charge in [-0.1, -0.05) is 11.6 Å². The van der Waals surface area contributed by atoms with Crippen LogP contribution in [0.25, 0.3) is 11.0 Å². The highest BCUT2D eigenvalue weighted by Gasteiger charge is 2.20. The molecule has 1 saturated heterocycles. The van der Waals surface area contributed by atoms with Crippen LogP contribution in [0.15, 0.2) is 61.1 Å². The summed E-state index contributed by atoms with van der Waals surface area (Å²) in [4.78, 5) is 38.4. The van der Waals surface area contributed by atoms with Gasteiger partial charge in [-0.2, -0.15) is 0 Å². The van der Waals surface area contributed by atoms with E-state index < -0.39 is 17.6 Å². The Morgan fingerprint density at radius 1 is 1.03 bits per heavy atom. The zero-order valence-corrected chi connectivity index (χ0v) is 19.6. The van der Waals surface area contributed by atoms with Crippen LogP contribution in [0.1, 0.15) is 27.7 Å². The number of ether oxygens (including phenoxy) is 1. The number of hydrogen-bond acceptors (Lipinski definition) is 7. The molecule has 9 nitrogen and oxygen atoms in total. The fraction of sp³-hybridized carbons (Fsp3) is 0.160. The second-order valence-corrected chi connectivity index (χ2v) is 8.49. The van der Waals surface area contributed by atoms with Crippen molar-refractivity contribution in [2.45, 2.75) is 6.10 Å². The van der Waals surface area contributed by atoms with E-state index >= 15 is 0 Å². The molecule has 0 spiro atoms. The Hall–Kier alpha value is -3.99. The number of amides is 2. The Labute approximate surface area is 210 Å². The largest absolute Gasteiger partial charge is 0.369 e. The summed E-state index contributed by atoms with van der Waals surface area (Å²) in [5.74, 6) is -1.27. The third-order valence-electron chi connectivity index (χ3n) is 5.51. The Bertz CT molecular complexity index is 1460. The maximum atomic E-state index is 14.6. The molecule has 11 heteroatoms. The van der Waals surface area contributed by atoms with Crippen LogP contribution in [0.2, 0.25) is 5.02 Å². The summed E-state index contributed by atoms with van der Waals surface area (Å²) in [6.07, 6.45) is 4.28. The number of carbonyl (C=O) groups is 2. The first-order chi connectivity index (χ1) is 17.5. The van der Waals surface area contributed by atoms with Gasteiger partial charge in [-0.3, -0.25) is 14.8 Å². The number of morpholine rings is 1. The number of fused-ring (bicyclic) bond motifs is 1. The molecule has 0 saturated carbocycles. The van der Waals surface area contributed by atoms with Crippen LogP contribution in [-0.4, -0.2) is 46.5 Å². The van der Waals surface area contributed by atoms with Crippen molar-refractivity contribution < 1.29 is 18.7 Å². The van der Waals surface area contributed by atoms with E-state index in [9.17, 15) is 14.0 Å². The Kier molecular flexibility index (Phi) is 6.81. The van der Waals surface area contributed by atoms with Gasteiger partial charge in [0.15, 0.2) is 5.78 Å². The van der Waals surface area contributed by atoms with Crippen LogP contribution in [-0.2, 0) is 4.74 Å². The maximum absolute atomic E-state index is 14.6. The summed E-state index contributed by atoms with van der Waals surface area (Å²) in [5, 5.41) is 8.75. The number of hydrogen-bond donors (Lipinski definition) is 3. The summed E-state index contributed by atoms with van der Waals surface area (Å²) in [6, 6.07) is 9.48. The van der Waals surface area contributed by atoms with Crippen molar-refractivity contribution in [3.63, 3.8) is 0 Å². The van der Waals surface area contributed by atoms with Gasteiger partial charge < -0.3 is 20.7 Å². The predicted molar refractivity (Wildman–Crippen MR) is 133 cm³/mol. The van der Waals surface area contributed by atoms with E-state index in [1.54, 1.807) is 24.4 Å². The molecule has 36 heavy (non-hydrogen) atoms. The number of nitrogens with zero attached hydrogens (tertiary/aromatic N) is 3. The quantitative estimate of drug-likeness (QED) is 0.344. The molecule has 5 rings (SSSR count). The van der Waals surface area contributed by atoms with Gasteiger partial charge in [-0.15, -0.1) is 0 Å². The summed E-state index contributed by atoms with van der Waals surface area (Å²) in [5.41, 5.74) is 2.40. The summed E-state index contributed by atoms with van der Waals surface area (Å²) >= 11 is 5.87. The van der Waals surface area contributed by atoms with Crippen LogP contribution in [0, 0.1) is 5.82 Å². The first-order valence-corrected chi connectivity index (χ1v) is 11.5. The highest BCUT2D eigenvalue weighted by molar-refractivity contribution is 6.30. The van der Waals surface area contributed by atoms with Gasteiger partial charge in [0.1, 0.15) is 11.9 Å². The van der Waals surface area contributed by atoms with E-state index in [4.69, 9.17) is 16.3 Å². The standard InChI is InChI=1S/C25H20ClFN6O3/c26-15-8-17(11-29-10-15)32-25(35)31-16-2-3-19(27)18(9-16)24(34)14-1-4-20-21(7-14)33-22(12-30-20)23-13-28-5-6-36-23/h1-4,7-12,23,28H,5-6,13H2,(H2,31,32,35). The van der Waals surface area contributed by atoms with Gasteiger partial charge in [0.2, 0.25) is 0 Å². The van der Waals surface area contributed by atoms with Crippen LogP contribution in [0.5, 0.6) is 0 Å². The molecular formula is C25H20ClFN6O3. The fourth-order valence-corrected chi connectivity index (χ4v) is 3.96. The van der Waals surface area contributed by atoms with Crippen LogP contribution >= 0.6 is 11.6 Å². The molecule has 1 aliphatic rings. The van der Waals surface area contributed by atoms with Crippen molar-refractivity contribution in [1.82, 2.24) is 20.3 Å². The highest BCUT2D eigenvalue weighted by atomic mass is 35.5. The first-order valence-electron chi connectivity index (χ1n) is 11.1. The lowest BCUT2D eigenvalue weighted by molar-refractivity contribution is 0.0250. The van der Waals surface area contributed by atoms with Crippen molar-refractivity contribution in [2.24, 2.45) is 0 Å². The summed E-state index contributed by atoms with van der Waals surface area (Å²) < 4.78 is 20.4. The number of anilines is 2. The van der Waals surface area contributed by atoms with E-state index in [0.717, 1.165) is 12.6 Å². The molecule has 2 aromatic carbocycles.